The summed E-state index contributed by atoms with van der Waals surface area (Å²) >= 11 is 5.88. The quantitative estimate of drug-likeness (QED) is 0.366. The molecule has 0 aliphatic heterocycles. The average molecular weight is 449 g/mol. The molecule has 31 heavy (non-hydrogen) atoms. The molecule has 1 aromatic rings. The zero-order valence-corrected chi connectivity index (χ0v) is 19.2. The molecular formula is C21H30ClLiN2O6. The normalized spacial score (nSPS) is 19.0. The first kappa shape index (κ1) is 29.3. The molecule has 0 spiro atoms. The van der Waals surface area contributed by atoms with Gasteiger partial charge in [0.05, 0.1) is 0 Å². The number of alkyl carbamates (subject to hydrolysis) is 1. The number of carbonyl (C=O) groups excluding carboxylic acids is 1. The number of hydrogen-bond donors (Lipinski definition) is 4. The minimum Gasteiger partial charge on any atom is -0.665 e. The molecule has 1 aromatic carbocycles. The SMILES string of the molecule is CC(C)(C)OC(=O)NC1CCC(N[C@H](Cc2ccc(Cl)cc2)C(=O)O)CC1.O=[C-]O.[Li+]. The number of carboxylic acids is 1. The van der Waals surface area contributed by atoms with Gasteiger partial charge in [-0.2, -0.15) is 0 Å². The fourth-order valence-corrected chi connectivity index (χ4v) is 3.36. The van der Waals surface area contributed by atoms with Crippen molar-refractivity contribution in [2.24, 2.45) is 0 Å². The van der Waals surface area contributed by atoms with Gasteiger partial charge < -0.3 is 30.4 Å². The molecule has 0 radical (unpaired) electrons. The molecule has 1 atom stereocenters. The number of halogens is 1. The summed E-state index contributed by atoms with van der Waals surface area (Å²) < 4.78 is 5.29. The van der Waals surface area contributed by atoms with E-state index in [0.717, 1.165) is 31.2 Å². The number of nitrogens with one attached hydrogen (secondary N) is 2. The van der Waals surface area contributed by atoms with Crippen LogP contribution in [0.2, 0.25) is 5.02 Å². The van der Waals surface area contributed by atoms with E-state index >= 15 is 0 Å². The number of aliphatic hydroxyl groups excluding tert-OH is 1. The standard InChI is InChI=1S/C20H29ClN2O4.CHO2.Li/c1-20(2,3)27-19(26)23-16-10-8-15(9-11-16)22-17(18(24)25)12-13-4-6-14(21)7-5-13;2-1-3;/h4-7,15-17,22H,8-12H2,1-3H3,(H,23,26)(H,24,25);(H,2,3);/q;-1;+1/t15?,16?,17-;;/m1../s1. The first-order valence-electron chi connectivity index (χ1n) is 9.78. The van der Waals surface area contributed by atoms with Gasteiger partial charge in [-0.15, -0.1) is 0 Å². The number of aliphatic carboxylic acids is 1. The number of hydrogen-bond acceptors (Lipinski definition) is 5. The Morgan fingerprint density at radius 2 is 1.65 bits per heavy atom. The Bertz CT molecular complexity index is 688. The smallest absolute Gasteiger partial charge is 0.665 e. The molecule has 1 aliphatic carbocycles. The molecule has 10 heteroatoms. The molecule has 0 unspecified atom stereocenters. The van der Waals surface area contributed by atoms with Crippen LogP contribution in [-0.2, 0) is 20.7 Å². The maximum absolute atomic E-state index is 11.9. The van der Waals surface area contributed by atoms with Gasteiger partial charge in [0.1, 0.15) is 11.6 Å². The summed E-state index contributed by atoms with van der Waals surface area (Å²) in [6, 6.07) is 6.77. The molecular weight excluding hydrogens is 419 g/mol. The third-order valence-electron chi connectivity index (χ3n) is 4.54. The van der Waals surface area contributed by atoms with E-state index < -0.39 is 23.7 Å². The molecule has 1 saturated carbocycles. The van der Waals surface area contributed by atoms with Gasteiger partial charge in [-0.3, -0.25) is 4.79 Å². The van der Waals surface area contributed by atoms with Gasteiger partial charge >= 0.3 is 30.9 Å². The van der Waals surface area contributed by atoms with E-state index in [1.165, 1.54) is 0 Å². The van der Waals surface area contributed by atoms with Crippen LogP contribution in [0.25, 0.3) is 0 Å². The molecule has 168 valence electrons. The van der Waals surface area contributed by atoms with Gasteiger partial charge in [0.25, 0.3) is 0 Å². The number of carboxylic acid groups (broad SMARTS) is 1. The molecule has 0 aromatic heterocycles. The topological polar surface area (TPSA) is 125 Å². The van der Waals surface area contributed by atoms with E-state index in [1.807, 2.05) is 32.9 Å². The average Bonchev–Trinajstić information content (AvgIpc) is 2.63. The fraction of sp³-hybridized carbons (Fsp3) is 0.571. The predicted octanol–water partition coefficient (Wildman–Crippen LogP) is 0.377. The summed E-state index contributed by atoms with van der Waals surface area (Å²) in [5, 5.41) is 23.1. The van der Waals surface area contributed by atoms with Gasteiger partial charge in [0, 0.05) is 17.1 Å². The Hall–Kier alpha value is -1.72. The van der Waals surface area contributed by atoms with Crippen molar-refractivity contribution >= 4 is 30.1 Å². The van der Waals surface area contributed by atoms with Crippen LogP contribution in [0.5, 0.6) is 0 Å². The minimum atomic E-state index is -0.862. The van der Waals surface area contributed by atoms with Gasteiger partial charge in [-0.05, 0) is 70.6 Å². The number of carbonyl (C=O) groups is 2. The molecule has 1 fully saturated rings. The second-order valence-electron chi connectivity index (χ2n) is 8.17. The third kappa shape index (κ3) is 12.7. The number of rotatable bonds is 6. The Morgan fingerprint density at radius 3 is 2.10 bits per heavy atom. The van der Waals surface area contributed by atoms with E-state index in [9.17, 15) is 14.7 Å². The summed E-state index contributed by atoms with van der Waals surface area (Å²) in [4.78, 5) is 31.7. The second-order valence-corrected chi connectivity index (χ2v) is 8.61. The van der Waals surface area contributed by atoms with Crippen molar-refractivity contribution in [1.82, 2.24) is 10.6 Å². The van der Waals surface area contributed by atoms with Crippen molar-refractivity contribution in [3.8, 4) is 0 Å². The van der Waals surface area contributed by atoms with Crippen molar-refractivity contribution in [3.05, 3.63) is 34.9 Å². The minimum absolute atomic E-state index is 0. The van der Waals surface area contributed by atoms with Crippen LogP contribution in [-0.4, -0.2) is 52.5 Å². The molecule has 4 N–H and O–H groups in total. The van der Waals surface area contributed by atoms with Crippen molar-refractivity contribution in [3.63, 3.8) is 0 Å². The number of benzene rings is 1. The van der Waals surface area contributed by atoms with Crippen LogP contribution >= 0.6 is 11.6 Å². The predicted molar refractivity (Wildman–Crippen MR) is 113 cm³/mol. The van der Waals surface area contributed by atoms with Crippen LogP contribution in [0.1, 0.15) is 52.0 Å². The van der Waals surface area contributed by atoms with E-state index in [4.69, 9.17) is 26.2 Å². The Kier molecular flexibility index (Phi) is 13.6. The Morgan fingerprint density at radius 1 is 1.16 bits per heavy atom. The summed E-state index contributed by atoms with van der Waals surface area (Å²) in [6.07, 6.45) is 3.22. The number of amides is 1. The maximum Gasteiger partial charge on any atom is 1.00 e. The second kappa shape index (κ2) is 14.4. The maximum atomic E-state index is 11.9. The molecule has 1 amide bonds. The first-order chi connectivity index (χ1) is 14.0. The molecule has 0 bridgehead atoms. The van der Waals surface area contributed by atoms with Gasteiger partial charge in [0.15, 0.2) is 0 Å². The van der Waals surface area contributed by atoms with Crippen molar-refractivity contribution in [2.45, 2.75) is 76.6 Å². The summed E-state index contributed by atoms with van der Waals surface area (Å²) in [6.45, 7) is 6.00. The van der Waals surface area contributed by atoms with Crippen LogP contribution in [0, 0.1) is 0 Å². The zero-order valence-electron chi connectivity index (χ0n) is 18.5. The van der Waals surface area contributed by atoms with Crippen LogP contribution in [0.4, 0.5) is 4.79 Å². The molecule has 0 saturated heterocycles. The van der Waals surface area contributed by atoms with E-state index in [-0.39, 0.29) is 30.9 Å². The van der Waals surface area contributed by atoms with Gasteiger partial charge in [-0.1, -0.05) is 30.2 Å². The van der Waals surface area contributed by atoms with Gasteiger partial charge in [-0.25, -0.2) is 4.79 Å². The summed E-state index contributed by atoms with van der Waals surface area (Å²) in [5.74, 6) is -0.862. The Labute approximate surface area is 200 Å². The zero-order chi connectivity index (χ0) is 22.7. The fourth-order valence-electron chi connectivity index (χ4n) is 3.24. The largest absolute Gasteiger partial charge is 1.00 e. The summed E-state index contributed by atoms with van der Waals surface area (Å²) in [5.41, 5.74) is 0.415. The number of ether oxygens (including phenoxy) is 1. The van der Waals surface area contributed by atoms with Crippen LogP contribution in [0.3, 0.4) is 0 Å². The molecule has 2 rings (SSSR count). The van der Waals surface area contributed by atoms with Crippen LogP contribution < -0.4 is 29.5 Å². The van der Waals surface area contributed by atoms with E-state index in [2.05, 4.69) is 10.6 Å². The van der Waals surface area contributed by atoms with Gasteiger partial charge in [0.2, 0.25) is 0 Å². The van der Waals surface area contributed by atoms with Crippen molar-refractivity contribution in [2.75, 3.05) is 0 Å². The summed E-state index contributed by atoms with van der Waals surface area (Å²) in [7, 11) is 0. The molecule has 0 heterocycles. The Balaban J connectivity index is 0.00000212. The molecule has 1 aliphatic rings. The first-order valence-corrected chi connectivity index (χ1v) is 10.2. The van der Waals surface area contributed by atoms with E-state index in [0.29, 0.717) is 17.9 Å². The monoisotopic (exact) mass is 448 g/mol. The van der Waals surface area contributed by atoms with Crippen molar-refractivity contribution < 1.29 is 48.2 Å². The third-order valence-corrected chi connectivity index (χ3v) is 4.79. The van der Waals surface area contributed by atoms with E-state index in [1.54, 1.807) is 12.1 Å². The van der Waals surface area contributed by atoms with Crippen molar-refractivity contribution in [1.29, 1.82) is 0 Å². The van der Waals surface area contributed by atoms with Crippen LogP contribution in [0.15, 0.2) is 24.3 Å². The molecule has 8 nitrogen and oxygen atoms in total.